The molecule has 2 fully saturated rings. The first-order chi connectivity index (χ1) is 8.56. The molecule has 18 heavy (non-hydrogen) atoms. The predicted molar refractivity (Wildman–Crippen MR) is 79.7 cm³/mol. The third-order valence-electron chi connectivity index (χ3n) is 5.93. The van der Waals surface area contributed by atoms with E-state index in [-0.39, 0.29) is 0 Å². The molecule has 2 rings (SSSR count). The molecule has 0 aromatic rings. The van der Waals surface area contributed by atoms with Crippen molar-refractivity contribution in [2.75, 3.05) is 6.54 Å². The summed E-state index contributed by atoms with van der Waals surface area (Å²) < 4.78 is 0. The number of rotatable bonds is 5. The van der Waals surface area contributed by atoms with Gasteiger partial charge >= 0.3 is 0 Å². The summed E-state index contributed by atoms with van der Waals surface area (Å²) in [6, 6.07) is 0.790. The fraction of sp³-hybridized carbons (Fsp3) is 1.00. The van der Waals surface area contributed by atoms with Crippen LogP contribution >= 0.6 is 0 Å². The van der Waals surface area contributed by atoms with Crippen LogP contribution in [-0.4, -0.2) is 12.6 Å². The van der Waals surface area contributed by atoms with E-state index in [1.165, 1.54) is 51.5 Å². The lowest BCUT2D eigenvalue weighted by Crippen LogP contribution is -2.48. The highest BCUT2D eigenvalue weighted by Gasteiger charge is 2.37. The lowest BCUT2D eigenvalue weighted by Gasteiger charge is -2.45. The third-order valence-corrected chi connectivity index (χ3v) is 5.93. The Labute approximate surface area is 114 Å². The van der Waals surface area contributed by atoms with Gasteiger partial charge in [-0.05, 0) is 55.3 Å². The van der Waals surface area contributed by atoms with Crippen LogP contribution in [-0.2, 0) is 0 Å². The van der Waals surface area contributed by atoms with Gasteiger partial charge in [-0.2, -0.15) is 0 Å². The Kier molecular flexibility index (Phi) is 4.75. The van der Waals surface area contributed by atoms with Gasteiger partial charge in [-0.15, -0.1) is 0 Å². The summed E-state index contributed by atoms with van der Waals surface area (Å²) in [6.45, 7) is 10.9. The van der Waals surface area contributed by atoms with Gasteiger partial charge in [-0.1, -0.05) is 40.5 Å². The van der Waals surface area contributed by atoms with Crippen LogP contribution in [0.5, 0.6) is 0 Å². The zero-order valence-electron chi connectivity index (χ0n) is 13.0. The molecule has 0 aliphatic heterocycles. The summed E-state index contributed by atoms with van der Waals surface area (Å²) in [7, 11) is 0. The van der Waals surface area contributed by atoms with E-state index in [0.29, 0.717) is 5.41 Å². The highest BCUT2D eigenvalue weighted by molar-refractivity contribution is 4.92. The monoisotopic (exact) mass is 251 g/mol. The van der Waals surface area contributed by atoms with Crippen molar-refractivity contribution in [3.63, 3.8) is 0 Å². The SMILES string of the molecule is CCC1(CNC2CC(C)CCC2C(C)C)CCC1. The minimum atomic E-state index is 0.669. The average Bonchev–Trinajstić information content (AvgIpc) is 2.28. The van der Waals surface area contributed by atoms with E-state index < -0.39 is 0 Å². The van der Waals surface area contributed by atoms with E-state index in [1.54, 1.807) is 0 Å². The van der Waals surface area contributed by atoms with E-state index in [1.807, 2.05) is 0 Å². The van der Waals surface area contributed by atoms with Crippen LogP contribution in [0.15, 0.2) is 0 Å². The van der Waals surface area contributed by atoms with Crippen molar-refractivity contribution in [2.45, 2.75) is 78.7 Å². The Bertz CT molecular complexity index is 249. The van der Waals surface area contributed by atoms with E-state index in [2.05, 4.69) is 33.0 Å². The van der Waals surface area contributed by atoms with Gasteiger partial charge in [0.2, 0.25) is 0 Å². The minimum Gasteiger partial charge on any atom is -0.313 e. The van der Waals surface area contributed by atoms with Crippen molar-refractivity contribution >= 4 is 0 Å². The van der Waals surface area contributed by atoms with Gasteiger partial charge in [-0.3, -0.25) is 0 Å². The van der Waals surface area contributed by atoms with Crippen LogP contribution < -0.4 is 5.32 Å². The molecule has 0 amide bonds. The summed E-state index contributed by atoms with van der Waals surface area (Å²) in [6.07, 6.45) is 10.0. The zero-order chi connectivity index (χ0) is 13.2. The second kappa shape index (κ2) is 5.94. The van der Waals surface area contributed by atoms with Crippen molar-refractivity contribution in [1.82, 2.24) is 5.32 Å². The summed E-state index contributed by atoms with van der Waals surface area (Å²) in [5.74, 6) is 2.68. The molecule has 1 N–H and O–H groups in total. The Hall–Kier alpha value is -0.0400. The second-order valence-electron chi connectivity index (χ2n) is 7.52. The van der Waals surface area contributed by atoms with Crippen LogP contribution in [0.1, 0.15) is 72.6 Å². The molecule has 0 bridgehead atoms. The topological polar surface area (TPSA) is 12.0 Å². The maximum atomic E-state index is 3.98. The maximum absolute atomic E-state index is 3.98. The molecule has 0 aromatic heterocycles. The summed E-state index contributed by atoms with van der Waals surface area (Å²) in [5.41, 5.74) is 0.669. The highest BCUT2D eigenvalue weighted by atomic mass is 14.9. The van der Waals surface area contributed by atoms with Crippen molar-refractivity contribution in [3.8, 4) is 0 Å². The first-order valence-electron chi connectivity index (χ1n) is 8.30. The fourth-order valence-corrected chi connectivity index (χ4v) is 4.12. The Morgan fingerprint density at radius 3 is 2.44 bits per heavy atom. The summed E-state index contributed by atoms with van der Waals surface area (Å²) in [4.78, 5) is 0. The number of nitrogens with one attached hydrogen (secondary N) is 1. The van der Waals surface area contributed by atoms with Gasteiger partial charge in [0.1, 0.15) is 0 Å². The maximum Gasteiger partial charge on any atom is 0.0100 e. The van der Waals surface area contributed by atoms with Gasteiger partial charge < -0.3 is 5.32 Å². The van der Waals surface area contributed by atoms with E-state index in [0.717, 1.165) is 23.8 Å². The quantitative estimate of drug-likeness (QED) is 0.752. The van der Waals surface area contributed by atoms with Crippen molar-refractivity contribution < 1.29 is 0 Å². The van der Waals surface area contributed by atoms with Crippen LogP contribution in [0.3, 0.4) is 0 Å². The fourth-order valence-electron chi connectivity index (χ4n) is 4.12. The van der Waals surface area contributed by atoms with Gasteiger partial charge in [0.25, 0.3) is 0 Å². The minimum absolute atomic E-state index is 0.669. The number of hydrogen-bond acceptors (Lipinski definition) is 1. The molecule has 2 aliphatic rings. The van der Waals surface area contributed by atoms with Gasteiger partial charge in [-0.25, -0.2) is 0 Å². The lowest BCUT2D eigenvalue weighted by atomic mass is 9.66. The smallest absolute Gasteiger partial charge is 0.0100 e. The molecule has 106 valence electrons. The average molecular weight is 251 g/mol. The molecule has 1 heteroatoms. The molecule has 2 saturated carbocycles. The first-order valence-corrected chi connectivity index (χ1v) is 8.30. The van der Waals surface area contributed by atoms with Crippen molar-refractivity contribution in [2.24, 2.45) is 23.2 Å². The molecule has 3 unspecified atom stereocenters. The van der Waals surface area contributed by atoms with Crippen LogP contribution in [0.2, 0.25) is 0 Å². The summed E-state index contributed by atoms with van der Waals surface area (Å²) in [5, 5.41) is 3.98. The van der Waals surface area contributed by atoms with Crippen LogP contribution in [0, 0.1) is 23.2 Å². The molecular weight excluding hydrogens is 218 g/mol. The highest BCUT2D eigenvalue weighted by Crippen LogP contribution is 2.43. The van der Waals surface area contributed by atoms with E-state index in [4.69, 9.17) is 0 Å². The molecule has 0 radical (unpaired) electrons. The Morgan fingerprint density at radius 2 is 1.94 bits per heavy atom. The molecule has 3 atom stereocenters. The van der Waals surface area contributed by atoms with Gasteiger partial charge in [0.15, 0.2) is 0 Å². The molecule has 0 spiro atoms. The summed E-state index contributed by atoms with van der Waals surface area (Å²) >= 11 is 0. The van der Waals surface area contributed by atoms with Crippen LogP contribution in [0.4, 0.5) is 0 Å². The van der Waals surface area contributed by atoms with E-state index in [9.17, 15) is 0 Å². The van der Waals surface area contributed by atoms with E-state index >= 15 is 0 Å². The zero-order valence-corrected chi connectivity index (χ0v) is 13.0. The molecule has 0 aromatic carbocycles. The Morgan fingerprint density at radius 1 is 1.22 bits per heavy atom. The van der Waals surface area contributed by atoms with Crippen molar-refractivity contribution in [3.05, 3.63) is 0 Å². The van der Waals surface area contributed by atoms with Gasteiger partial charge in [0, 0.05) is 12.6 Å². The predicted octanol–water partition coefficient (Wildman–Crippen LogP) is 4.62. The number of hydrogen-bond donors (Lipinski definition) is 1. The first kappa shape index (κ1) is 14.4. The van der Waals surface area contributed by atoms with Crippen molar-refractivity contribution in [1.29, 1.82) is 0 Å². The molecule has 0 saturated heterocycles. The Balaban J connectivity index is 1.88. The standard InChI is InChI=1S/C17H33N/c1-5-17(9-6-10-17)12-18-16-11-14(4)7-8-15(16)13(2)3/h13-16,18H,5-12H2,1-4H3. The molecule has 1 nitrogen and oxygen atoms in total. The molecule has 0 heterocycles. The third kappa shape index (κ3) is 3.10. The second-order valence-corrected chi connectivity index (χ2v) is 7.52. The molecular formula is C17H33N. The largest absolute Gasteiger partial charge is 0.313 e. The van der Waals surface area contributed by atoms with Gasteiger partial charge in [0.05, 0.1) is 0 Å². The normalized spacial score (nSPS) is 35.5. The lowest BCUT2D eigenvalue weighted by molar-refractivity contribution is 0.0944. The van der Waals surface area contributed by atoms with Crippen LogP contribution in [0.25, 0.3) is 0 Å². The molecule has 2 aliphatic carbocycles.